The van der Waals surface area contributed by atoms with E-state index in [9.17, 15) is 19.5 Å². The van der Waals surface area contributed by atoms with Crippen molar-refractivity contribution >= 4 is 17.9 Å². The first kappa shape index (κ1) is 95.9. The molecule has 576 valence electrons. The Hall–Kier alpha value is -5.09. The summed E-state index contributed by atoms with van der Waals surface area (Å²) in [4.78, 5) is 37.8. The molecule has 0 spiro atoms. The second kappa shape index (κ2) is 80.6. The minimum atomic E-state index is -1.52. The normalized spacial score (nSPS) is 13.5. The van der Waals surface area contributed by atoms with Crippen LogP contribution in [0.4, 0.5) is 0 Å². The van der Waals surface area contributed by atoms with Crippen molar-refractivity contribution in [2.24, 2.45) is 0 Å². The molecule has 0 aliphatic carbocycles. The van der Waals surface area contributed by atoms with Gasteiger partial charge in [-0.2, -0.15) is 0 Å². The van der Waals surface area contributed by atoms with E-state index in [4.69, 9.17) is 18.9 Å². The second-order valence-electron chi connectivity index (χ2n) is 28.7. The number of unbranched alkanes of at least 4 members (excludes halogenated alkanes) is 35. The predicted molar refractivity (Wildman–Crippen MR) is 437 cm³/mol. The highest BCUT2D eigenvalue weighted by Crippen LogP contribution is 2.19. The van der Waals surface area contributed by atoms with Crippen LogP contribution >= 0.6 is 0 Å². The molecule has 9 nitrogen and oxygen atoms in total. The number of hydrogen-bond donors (Lipinski definition) is 1. The summed E-state index contributed by atoms with van der Waals surface area (Å²) in [6.07, 6.45) is 117. The zero-order valence-electron chi connectivity index (χ0n) is 66.0. The SMILES string of the molecule is CC/C=C\C/C=C\C/C=C\C/C=C\C/C=C\C/C=C\C/C=C\CCCCCCCCCCCCCCCCCCCC(=O)OC(COC(=O)CCCCCCCCCCCCCCCCCCCC/C=C\C/C=C\C/C=C\C/C=C\C/C=C\C/C=C\CC)COC(OCC[N+](C)(C)C)C(=O)O. The Morgan fingerprint density at radius 3 is 0.792 bits per heavy atom. The highest BCUT2D eigenvalue weighted by atomic mass is 16.7. The lowest BCUT2D eigenvalue weighted by atomic mass is 10.0. The number of ether oxygens (including phenoxy) is 4. The molecule has 0 saturated carbocycles. The van der Waals surface area contributed by atoms with E-state index in [-0.39, 0.29) is 32.2 Å². The summed E-state index contributed by atoms with van der Waals surface area (Å²) >= 11 is 0. The lowest BCUT2D eigenvalue weighted by molar-refractivity contribution is -0.870. The number of esters is 2. The minimum absolute atomic E-state index is 0.184. The molecule has 0 amide bonds. The Balaban J connectivity index is 4.02. The van der Waals surface area contributed by atoms with E-state index < -0.39 is 24.3 Å². The van der Waals surface area contributed by atoms with Gasteiger partial charge < -0.3 is 28.5 Å². The number of rotatable bonds is 76. The summed E-state index contributed by atoms with van der Waals surface area (Å²) in [5.74, 6) is -1.99. The molecular weight excluding hydrogens is 1250 g/mol. The quantitative estimate of drug-likeness (QED) is 0.0211. The van der Waals surface area contributed by atoms with Crippen molar-refractivity contribution in [3.63, 3.8) is 0 Å². The fourth-order valence-corrected chi connectivity index (χ4v) is 11.5. The molecule has 0 radical (unpaired) electrons. The number of likely N-dealkylation sites (N-methyl/N-ethyl adjacent to an activating group) is 1. The highest BCUT2D eigenvalue weighted by Gasteiger charge is 2.25. The van der Waals surface area contributed by atoms with Gasteiger partial charge in [0.05, 0.1) is 34.4 Å². The van der Waals surface area contributed by atoms with Gasteiger partial charge in [0.25, 0.3) is 6.29 Å². The number of carboxylic acids is 1. The predicted octanol–water partition coefficient (Wildman–Crippen LogP) is 27.1. The molecule has 0 saturated heterocycles. The molecule has 0 bridgehead atoms. The van der Waals surface area contributed by atoms with Crippen LogP contribution in [-0.4, -0.2) is 87.4 Å². The average molecular weight is 1400 g/mol. The van der Waals surface area contributed by atoms with Gasteiger partial charge in [-0.05, 0) is 122 Å². The first-order valence-corrected chi connectivity index (χ1v) is 41.6. The van der Waals surface area contributed by atoms with Crippen molar-refractivity contribution in [3.05, 3.63) is 158 Å². The van der Waals surface area contributed by atoms with Gasteiger partial charge in [-0.1, -0.05) is 371 Å². The average Bonchev–Trinajstić information content (AvgIpc) is 1.21. The van der Waals surface area contributed by atoms with Crippen LogP contribution in [0.15, 0.2) is 158 Å². The zero-order valence-corrected chi connectivity index (χ0v) is 66.0. The molecule has 1 N–H and O–H groups in total. The fourth-order valence-electron chi connectivity index (χ4n) is 11.5. The van der Waals surface area contributed by atoms with E-state index in [0.717, 1.165) is 122 Å². The summed E-state index contributed by atoms with van der Waals surface area (Å²) in [7, 11) is 5.99. The lowest BCUT2D eigenvalue weighted by Crippen LogP contribution is -2.40. The first-order chi connectivity index (χ1) is 49.6. The molecule has 0 aromatic carbocycles. The molecule has 0 aromatic rings. The number of carboxylic acid groups (broad SMARTS) is 1. The van der Waals surface area contributed by atoms with Gasteiger partial charge in [0.15, 0.2) is 6.10 Å². The van der Waals surface area contributed by atoms with E-state index >= 15 is 0 Å². The monoisotopic (exact) mass is 1400 g/mol. The molecule has 2 unspecified atom stereocenters. The lowest BCUT2D eigenvalue weighted by Gasteiger charge is -2.25. The number of carbonyl (C=O) groups excluding carboxylic acids is 2. The number of carbonyl (C=O) groups is 3. The van der Waals surface area contributed by atoms with Gasteiger partial charge in [-0.3, -0.25) is 9.59 Å². The summed E-state index contributed by atoms with van der Waals surface area (Å²) < 4.78 is 23.1. The Bertz CT molecular complexity index is 2230. The largest absolute Gasteiger partial charge is 0.477 e. The van der Waals surface area contributed by atoms with Gasteiger partial charge in [-0.25, -0.2) is 4.79 Å². The molecule has 0 rings (SSSR count). The number of aliphatic carboxylic acids is 1. The van der Waals surface area contributed by atoms with Crippen LogP contribution in [0.1, 0.15) is 348 Å². The number of quaternary nitrogens is 1. The molecule has 2 atom stereocenters. The third kappa shape index (κ3) is 82.1. The summed E-state index contributed by atoms with van der Waals surface area (Å²) in [6, 6.07) is 0. The maximum atomic E-state index is 13.0. The van der Waals surface area contributed by atoms with Crippen LogP contribution in [0, 0.1) is 0 Å². The molecule has 9 heteroatoms. The van der Waals surface area contributed by atoms with Gasteiger partial charge in [-0.15, -0.1) is 0 Å². The maximum absolute atomic E-state index is 13.0. The number of nitrogens with zero attached hydrogens (tertiary/aromatic N) is 1. The van der Waals surface area contributed by atoms with Crippen LogP contribution in [0.2, 0.25) is 0 Å². The Kier molecular flexibility index (Phi) is 76.5. The van der Waals surface area contributed by atoms with Crippen LogP contribution in [0.5, 0.6) is 0 Å². The molecule has 0 fully saturated rings. The van der Waals surface area contributed by atoms with Crippen molar-refractivity contribution in [2.75, 3.05) is 47.5 Å². The van der Waals surface area contributed by atoms with E-state index in [2.05, 4.69) is 172 Å². The first-order valence-electron chi connectivity index (χ1n) is 41.6. The smallest absolute Gasteiger partial charge is 0.361 e. The van der Waals surface area contributed by atoms with E-state index in [0.29, 0.717) is 17.4 Å². The van der Waals surface area contributed by atoms with Crippen molar-refractivity contribution in [3.8, 4) is 0 Å². The van der Waals surface area contributed by atoms with Gasteiger partial charge in [0, 0.05) is 12.8 Å². The van der Waals surface area contributed by atoms with Crippen LogP contribution in [-0.2, 0) is 33.3 Å². The van der Waals surface area contributed by atoms with Gasteiger partial charge >= 0.3 is 17.9 Å². The second-order valence-corrected chi connectivity index (χ2v) is 28.7. The topological polar surface area (TPSA) is 108 Å². The van der Waals surface area contributed by atoms with E-state index in [1.54, 1.807) is 0 Å². The van der Waals surface area contributed by atoms with Crippen molar-refractivity contribution in [2.45, 2.75) is 360 Å². The number of hydrogen-bond acceptors (Lipinski definition) is 7. The highest BCUT2D eigenvalue weighted by molar-refractivity contribution is 5.71. The standard InChI is InChI=1S/C92H155NO8/c1-6-8-10-12-14-16-18-20-22-24-26-28-30-32-34-36-38-40-42-44-45-47-49-51-53-55-57-59-61-63-65-67-69-71-73-75-77-79-81-83-90(95)101-88(87-100-92(91(96)97)98-85-84-93(3,4)5)86-99-89(94)82-80-78-76-74-72-70-68-66-64-62-60-58-56-54-52-50-48-46-43-41-39-37-35-33-31-29-27-25-23-21-19-17-15-13-11-9-7-2/h8-11,14-17,20-23,26-29,32-35,38-41,44-45,88,92H,6-7,12-13,18-19,24-25,30-31,36-37,42-43,46-87H2,1-5H3/p+1/b10-8-,11-9-,16-14-,17-15-,22-20-,23-21-,28-26-,29-27-,34-32-,35-33-,40-38-,41-39-,45-44-. The van der Waals surface area contributed by atoms with Gasteiger partial charge in [0.1, 0.15) is 13.2 Å². The van der Waals surface area contributed by atoms with Crippen LogP contribution in [0.25, 0.3) is 0 Å². The van der Waals surface area contributed by atoms with E-state index in [1.165, 1.54) is 199 Å². The summed E-state index contributed by atoms with van der Waals surface area (Å²) in [5, 5.41) is 9.79. The molecule has 0 aliphatic heterocycles. The minimum Gasteiger partial charge on any atom is -0.477 e. The molecule has 0 heterocycles. The summed E-state index contributed by atoms with van der Waals surface area (Å²) in [5.41, 5.74) is 0. The number of allylic oxidation sites excluding steroid dienone is 26. The van der Waals surface area contributed by atoms with E-state index in [1.807, 2.05) is 21.1 Å². The van der Waals surface area contributed by atoms with Crippen molar-refractivity contribution < 1.29 is 42.9 Å². The molecule has 101 heavy (non-hydrogen) atoms. The molecule has 0 aliphatic rings. The Morgan fingerprint density at radius 2 is 0.535 bits per heavy atom. The molecular formula is C92H156NO8+. The van der Waals surface area contributed by atoms with Crippen molar-refractivity contribution in [1.29, 1.82) is 0 Å². The third-order valence-corrected chi connectivity index (χ3v) is 17.8. The zero-order chi connectivity index (χ0) is 73.2. The maximum Gasteiger partial charge on any atom is 0.361 e. The molecule has 0 aromatic heterocycles. The van der Waals surface area contributed by atoms with Crippen molar-refractivity contribution in [1.82, 2.24) is 0 Å². The summed E-state index contributed by atoms with van der Waals surface area (Å²) in [6.45, 7) is 4.68. The van der Waals surface area contributed by atoms with Crippen LogP contribution < -0.4 is 0 Å². The Labute approximate surface area is 623 Å². The third-order valence-electron chi connectivity index (χ3n) is 17.8. The van der Waals surface area contributed by atoms with Crippen LogP contribution in [0.3, 0.4) is 0 Å². The van der Waals surface area contributed by atoms with Gasteiger partial charge in [0.2, 0.25) is 0 Å². The Morgan fingerprint density at radius 1 is 0.297 bits per heavy atom. The fraction of sp³-hybridized carbons (Fsp3) is 0.685.